The Morgan fingerprint density at radius 3 is 2.59 bits per heavy atom. The van der Waals surface area contributed by atoms with Gasteiger partial charge in [-0.25, -0.2) is 15.0 Å². The van der Waals surface area contributed by atoms with Gasteiger partial charge in [-0.1, -0.05) is 36.4 Å². The van der Waals surface area contributed by atoms with E-state index in [1.807, 2.05) is 36.4 Å². The molecule has 27 heavy (non-hydrogen) atoms. The van der Waals surface area contributed by atoms with Crippen molar-refractivity contribution in [2.75, 3.05) is 12.3 Å². The summed E-state index contributed by atoms with van der Waals surface area (Å²) in [6, 6.07) is 9.62. The van der Waals surface area contributed by atoms with Crippen LogP contribution in [0.15, 0.2) is 36.7 Å². The van der Waals surface area contributed by atoms with Crippen molar-refractivity contribution in [2.45, 2.75) is 24.5 Å². The predicted octanol–water partition coefficient (Wildman–Crippen LogP) is 0.190. The largest absolute Gasteiger partial charge is 0.394 e. The van der Waals surface area contributed by atoms with Crippen LogP contribution in [0.2, 0.25) is 0 Å². The van der Waals surface area contributed by atoms with Crippen LogP contribution in [0.4, 0.5) is 5.82 Å². The number of aliphatic hydroxyl groups is 3. The van der Waals surface area contributed by atoms with Crippen molar-refractivity contribution in [2.24, 2.45) is 0 Å². The molecule has 1 aromatic carbocycles. The molecule has 0 unspecified atom stereocenters. The van der Waals surface area contributed by atoms with Gasteiger partial charge in [0.25, 0.3) is 0 Å². The van der Waals surface area contributed by atoms with Gasteiger partial charge >= 0.3 is 0 Å². The molecule has 5 N–H and O–H groups in total. The lowest BCUT2D eigenvalue weighted by Gasteiger charge is -2.18. The molecule has 3 aromatic rings. The first-order valence-electron chi connectivity index (χ1n) is 8.44. The van der Waals surface area contributed by atoms with E-state index < -0.39 is 31.1 Å². The Labute approximate surface area is 154 Å². The van der Waals surface area contributed by atoms with E-state index in [0.717, 1.165) is 5.56 Å². The number of rotatable bonds is 4. The van der Waals surface area contributed by atoms with Crippen LogP contribution in [0.1, 0.15) is 17.6 Å². The number of nitrogens with zero attached hydrogens (tertiary/aromatic N) is 4. The second-order valence-corrected chi connectivity index (χ2v) is 6.24. The normalized spacial score (nSPS) is 25.6. The maximum atomic E-state index is 10.4. The van der Waals surface area contributed by atoms with Crippen molar-refractivity contribution in [1.82, 2.24) is 19.5 Å². The molecule has 3 heterocycles. The minimum atomic E-state index is -1.26. The summed E-state index contributed by atoms with van der Waals surface area (Å²) in [5, 5.41) is 29.9. The van der Waals surface area contributed by atoms with E-state index in [-0.39, 0.29) is 5.82 Å². The highest BCUT2D eigenvalue weighted by Crippen LogP contribution is 2.33. The molecule has 1 saturated heterocycles. The number of imidazole rings is 1. The Hall–Kier alpha value is -2.85. The van der Waals surface area contributed by atoms with Crippen LogP contribution >= 0.6 is 0 Å². The van der Waals surface area contributed by atoms with Crippen LogP contribution in [-0.2, 0) is 4.74 Å². The molecule has 0 saturated carbocycles. The summed E-state index contributed by atoms with van der Waals surface area (Å²) in [5.41, 5.74) is 7.60. The first-order chi connectivity index (χ1) is 13.1. The Morgan fingerprint density at radius 2 is 1.89 bits per heavy atom. The second-order valence-electron chi connectivity index (χ2n) is 6.24. The zero-order chi connectivity index (χ0) is 19.0. The van der Waals surface area contributed by atoms with Crippen molar-refractivity contribution in [3.05, 3.63) is 48.0 Å². The Balaban J connectivity index is 1.83. The van der Waals surface area contributed by atoms with Gasteiger partial charge in [-0.3, -0.25) is 4.57 Å². The fraction of sp³-hybridized carbons (Fsp3) is 0.278. The average Bonchev–Trinajstić information content (AvgIpc) is 3.19. The number of aromatic nitrogens is 4. The number of ether oxygens (including phenoxy) is 1. The van der Waals surface area contributed by atoms with Gasteiger partial charge < -0.3 is 25.8 Å². The first kappa shape index (κ1) is 17.6. The Morgan fingerprint density at radius 1 is 1.11 bits per heavy atom. The number of nitrogen functional groups attached to an aromatic ring is 1. The van der Waals surface area contributed by atoms with E-state index >= 15 is 0 Å². The molecule has 2 aromatic heterocycles. The number of benzene rings is 1. The third-order valence-electron chi connectivity index (χ3n) is 4.53. The van der Waals surface area contributed by atoms with Crippen LogP contribution in [0.3, 0.4) is 0 Å². The zero-order valence-corrected chi connectivity index (χ0v) is 14.3. The van der Waals surface area contributed by atoms with Gasteiger partial charge in [0.15, 0.2) is 23.2 Å². The standard InChI is InChI=1S/C18H19N5O4/c19-16-13-17(21-9-20-16)23(18-15(26)14(25)11(8-24)27-18)12(22-13)7-6-10-4-2-1-3-5-10/h1-7,9,11,14-15,18,24-26H,8H2,(H2,19,20,21)/b7-6+/t11-,14-,15-,18-/m1/s1. The minimum absolute atomic E-state index is 0.194. The van der Waals surface area contributed by atoms with Crippen LogP contribution in [-0.4, -0.2) is 59.8 Å². The number of hydrogen-bond acceptors (Lipinski definition) is 8. The van der Waals surface area contributed by atoms with Gasteiger partial charge in [0.2, 0.25) is 0 Å². The third-order valence-corrected chi connectivity index (χ3v) is 4.53. The number of fused-ring (bicyclic) bond motifs is 1. The highest BCUT2D eigenvalue weighted by Gasteiger charge is 2.44. The molecule has 9 nitrogen and oxygen atoms in total. The topological polar surface area (TPSA) is 140 Å². The fourth-order valence-corrected chi connectivity index (χ4v) is 3.14. The lowest BCUT2D eigenvalue weighted by Crippen LogP contribution is -2.33. The molecular weight excluding hydrogens is 350 g/mol. The maximum absolute atomic E-state index is 10.4. The molecule has 140 valence electrons. The highest BCUT2D eigenvalue weighted by atomic mass is 16.6. The van der Waals surface area contributed by atoms with E-state index in [1.54, 1.807) is 10.6 Å². The monoisotopic (exact) mass is 369 g/mol. The summed E-state index contributed by atoms with van der Waals surface area (Å²) < 4.78 is 7.21. The molecule has 9 heteroatoms. The summed E-state index contributed by atoms with van der Waals surface area (Å²) in [6.07, 6.45) is 0.497. The molecule has 4 atom stereocenters. The summed E-state index contributed by atoms with van der Waals surface area (Å²) >= 11 is 0. The van der Waals surface area contributed by atoms with Gasteiger partial charge in [-0.05, 0) is 11.6 Å². The van der Waals surface area contributed by atoms with E-state index in [0.29, 0.717) is 17.0 Å². The molecule has 0 bridgehead atoms. The van der Waals surface area contributed by atoms with Crippen LogP contribution in [0.5, 0.6) is 0 Å². The average molecular weight is 369 g/mol. The van der Waals surface area contributed by atoms with Crippen molar-refractivity contribution in [3.63, 3.8) is 0 Å². The molecule has 0 amide bonds. The fourth-order valence-electron chi connectivity index (χ4n) is 3.14. The quantitative estimate of drug-likeness (QED) is 0.511. The second kappa shape index (κ2) is 7.05. The minimum Gasteiger partial charge on any atom is -0.394 e. The van der Waals surface area contributed by atoms with E-state index in [2.05, 4.69) is 15.0 Å². The number of hydrogen-bond donors (Lipinski definition) is 4. The van der Waals surface area contributed by atoms with E-state index in [4.69, 9.17) is 10.5 Å². The van der Waals surface area contributed by atoms with Crippen molar-refractivity contribution >= 4 is 29.1 Å². The molecule has 0 aliphatic carbocycles. The molecule has 0 spiro atoms. The summed E-state index contributed by atoms with van der Waals surface area (Å²) in [6.45, 7) is -0.423. The zero-order valence-electron chi connectivity index (χ0n) is 14.3. The number of aliphatic hydroxyl groups excluding tert-OH is 3. The lowest BCUT2D eigenvalue weighted by atomic mass is 10.1. The molecular formula is C18H19N5O4. The summed E-state index contributed by atoms with van der Waals surface area (Å²) in [7, 11) is 0. The molecule has 1 aliphatic rings. The van der Waals surface area contributed by atoms with Crippen LogP contribution in [0, 0.1) is 0 Å². The Kier molecular flexibility index (Phi) is 4.58. The van der Waals surface area contributed by atoms with Crippen LogP contribution < -0.4 is 5.73 Å². The van der Waals surface area contributed by atoms with E-state index in [9.17, 15) is 15.3 Å². The van der Waals surface area contributed by atoms with Gasteiger partial charge in [0, 0.05) is 0 Å². The smallest absolute Gasteiger partial charge is 0.168 e. The first-order valence-corrected chi connectivity index (χ1v) is 8.44. The van der Waals surface area contributed by atoms with Gasteiger partial charge in [0.1, 0.15) is 30.5 Å². The van der Waals surface area contributed by atoms with Gasteiger partial charge in [-0.2, -0.15) is 0 Å². The van der Waals surface area contributed by atoms with Crippen molar-refractivity contribution in [1.29, 1.82) is 0 Å². The van der Waals surface area contributed by atoms with Gasteiger partial charge in [0.05, 0.1) is 6.61 Å². The van der Waals surface area contributed by atoms with Gasteiger partial charge in [-0.15, -0.1) is 0 Å². The van der Waals surface area contributed by atoms with Crippen molar-refractivity contribution in [3.8, 4) is 0 Å². The molecule has 4 rings (SSSR count). The molecule has 0 radical (unpaired) electrons. The number of anilines is 1. The van der Waals surface area contributed by atoms with E-state index in [1.165, 1.54) is 6.33 Å². The molecule has 1 aliphatic heterocycles. The lowest BCUT2D eigenvalue weighted by molar-refractivity contribution is -0.0513. The highest BCUT2D eigenvalue weighted by molar-refractivity contribution is 5.84. The SMILES string of the molecule is Nc1ncnc2c1nc(/C=C/c1ccccc1)n2[C@@H]1O[C@H](CO)[C@@H](O)[C@H]1O. The van der Waals surface area contributed by atoms with Crippen molar-refractivity contribution < 1.29 is 20.1 Å². The predicted molar refractivity (Wildman–Crippen MR) is 98.1 cm³/mol. The maximum Gasteiger partial charge on any atom is 0.168 e. The van der Waals surface area contributed by atoms with Crippen LogP contribution in [0.25, 0.3) is 23.3 Å². The summed E-state index contributed by atoms with van der Waals surface area (Å²) in [4.78, 5) is 12.6. The summed E-state index contributed by atoms with van der Waals surface area (Å²) in [5.74, 6) is 0.621. The number of nitrogens with two attached hydrogens (primary N) is 1. The Bertz CT molecular complexity index is 975. The third kappa shape index (κ3) is 3.06. The molecule has 1 fully saturated rings.